The van der Waals surface area contributed by atoms with Gasteiger partial charge in [0.25, 0.3) is 0 Å². The van der Waals surface area contributed by atoms with Crippen LogP contribution in [0.1, 0.15) is 50.4 Å². The smallest absolute Gasteiger partial charge is 0.138 e. The zero-order valence-corrected chi connectivity index (χ0v) is 13.5. The average molecular weight is 290 g/mol. The zero-order chi connectivity index (χ0) is 15.2. The minimum atomic E-state index is 0.215. The second-order valence-corrected chi connectivity index (χ2v) is 5.25. The van der Waals surface area contributed by atoms with Gasteiger partial charge in [0.15, 0.2) is 0 Å². The van der Waals surface area contributed by atoms with Crippen molar-refractivity contribution >= 4 is 0 Å². The Hall–Kier alpha value is -1.69. The number of likely N-dealkylation sites (N-methyl/N-ethyl adjacent to an activating group) is 1. The highest BCUT2D eigenvalue weighted by atomic mass is 15.3. The molecule has 6 nitrogen and oxygen atoms in total. The maximum Gasteiger partial charge on any atom is 0.138 e. The first-order chi connectivity index (χ1) is 10.2. The largest absolute Gasteiger partial charge is 0.309 e. The fourth-order valence-electron chi connectivity index (χ4n) is 2.60. The summed E-state index contributed by atoms with van der Waals surface area (Å²) in [4.78, 5) is 4.42. The lowest BCUT2D eigenvalue weighted by atomic mass is 10.1. The summed E-state index contributed by atoms with van der Waals surface area (Å²) in [5.41, 5.74) is 2.34. The highest BCUT2D eigenvalue weighted by molar-refractivity contribution is 5.15. The van der Waals surface area contributed by atoms with Crippen molar-refractivity contribution in [3.63, 3.8) is 0 Å². The van der Waals surface area contributed by atoms with Crippen molar-refractivity contribution in [1.29, 1.82) is 0 Å². The summed E-state index contributed by atoms with van der Waals surface area (Å²) in [6, 6.07) is 2.40. The Kier molecular flexibility index (Phi) is 5.50. The van der Waals surface area contributed by atoms with E-state index >= 15 is 0 Å². The molecule has 21 heavy (non-hydrogen) atoms. The third kappa shape index (κ3) is 3.69. The Morgan fingerprint density at radius 1 is 1.29 bits per heavy atom. The molecule has 0 bridgehead atoms. The van der Waals surface area contributed by atoms with E-state index in [2.05, 4.69) is 47.3 Å². The van der Waals surface area contributed by atoms with Crippen molar-refractivity contribution in [3.05, 3.63) is 29.6 Å². The lowest BCUT2D eigenvalue weighted by molar-refractivity contribution is 0.474. The molecule has 2 aromatic rings. The quantitative estimate of drug-likeness (QED) is 0.806. The molecule has 1 atom stereocenters. The standard InChI is InChI=1S/C15H26N6/c1-5-8-21-15(17-11-18-21)10-13(16-7-3)14-9-12(6-2)19-20(14)4/h9,11,13,16H,5-8,10H2,1-4H3. The van der Waals surface area contributed by atoms with Crippen molar-refractivity contribution in [1.82, 2.24) is 29.9 Å². The molecule has 0 saturated carbocycles. The lowest BCUT2D eigenvalue weighted by Gasteiger charge is -2.18. The number of nitrogens with zero attached hydrogens (tertiary/aromatic N) is 5. The molecule has 0 amide bonds. The molecule has 1 N–H and O–H groups in total. The summed E-state index contributed by atoms with van der Waals surface area (Å²) in [7, 11) is 2.01. The molecule has 2 rings (SSSR count). The summed E-state index contributed by atoms with van der Waals surface area (Å²) in [6.07, 6.45) is 4.50. The maximum absolute atomic E-state index is 4.55. The van der Waals surface area contributed by atoms with Crippen molar-refractivity contribution in [3.8, 4) is 0 Å². The molecule has 0 saturated heterocycles. The predicted octanol–water partition coefficient (Wildman–Crippen LogP) is 1.88. The van der Waals surface area contributed by atoms with E-state index in [9.17, 15) is 0 Å². The van der Waals surface area contributed by atoms with E-state index in [0.717, 1.165) is 43.9 Å². The van der Waals surface area contributed by atoms with E-state index in [4.69, 9.17) is 0 Å². The van der Waals surface area contributed by atoms with E-state index in [0.29, 0.717) is 0 Å². The summed E-state index contributed by atoms with van der Waals surface area (Å²) < 4.78 is 3.98. The first-order valence-corrected chi connectivity index (χ1v) is 7.82. The summed E-state index contributed by atoms with van der Waals surface area (Å²) >= 11 is 0. The summed E-state index contributed by atoms with van der Waals surface area (Å²) in [5.74, 6) is 1.03. The van der Waals surface area contributed by atoms with Gasteiger partial charge in [0.1, 0.15) is 12.2 Å². The molecule has 0 aromatic carbocycles. The number of hydrogen-bond acceptors (Lipinski definition) is 4. The Labute approximate surface area is 126 Å². The molecule has 0 spiro atoms. The monoisotopic (exact) mass is 290 g/mol. The number of rotatable bonds is 8. The van der Waals surface area contributed by atoms with Gasteiger partial charge in [-0.2, -0.15) is 10.2 Å². The average Bonchev–Trinajstić information content (AvgIpc) is 3.05. The second kappa shape index (κ2) is 7.36. The fraction of sp³-hybridized carbons (Fsp3) is 0.667. The van der Waals surface area contributed by atoms with Gasteiger partial charge in [0.2, 0.25) is 0 Å². The Bertz CT molecular complexity index is 556. The minimum Gasteiger partial charge on any atom is -0.309 e. The number of aromatic nitrogens is 5. The normalized spacial score (nSPS) is 12.8. The van der Waals surface area contributed by atoms with Crippen molar-refractivity contribution < 1.29 is 0 Å². The molecule has 116 valence electrons. The zero-order valence-electron chi connectivity index (χ0n) is 13.5. The predicted molar refractivity (Wildman–Crippen MR) is 83.0 cm³/mol. The second-order valence-electron chi connectivity index (χ2n) is 5.25. The van der Waals surface area contributed by atoms with Crippen molar-refractivity contribution in [2.75, 3.05) is 6.54 Å². The first-order valence-electron chi connectivity index (χ1n) is 7.82. The van der Waals surface area contributed by atoms with Crippen LogP contribution in [0.15, 0.2) is 12.4 Å². The van der Waals surface area contributed by atoms with E-state index in [1.165, 1.54) is 5.69 Å². The molecule has 0 radical (unpaired) electrons. The molecule has 0 aliphatic rings. The Morgan fingerprint density at radius 3 is 2.71 bits per heavy atom. The van der Waals surface area contributed by atoms with Gasteiger partial charge in [-0.15, -0.1) is 0 Å². The van der Waals surface area contributed by atoms with Gasteiger partial charge in [-0.1, -0.05) is 20.8 Å². The van der Waals surface area contributed by atoms with E-state index in [1.54, 1.807) is 6.33 Å². The molecular weight excluding hydrogens is 264 g/mol. The number of aryl methyl sites for hydroxylation is 3. The SMILES string of the molecule is CCCn1ncnc1CC(NCC)c1cc(CC)nn1C. The van der Waals surface area contributed by atoms with Crippen LogP contribution in [0.2, 0.25) is 0 Å². The molecule has 0 aliphatic heterocycles. The van der Waals surface area contributed by atoms with Gasteiger partial charge in [-0.05, 0) is 25.5 Å². The van der Waals surface area contributed by atoms with E-state index < -0.39 is 0 Å². The van der Waals surface area contributed by atoms with Crippen LogP contribution in [0.5, 0.6) is 0 Å². The molecule has 0 aliphatic carbocycles. The van der Waals surface area contributed by atoms with Crippen LogP contribution in [0.25, 0.3) is 0 Å². The van der Waals surface area contributed by atoms with Crippen LogP contribution in [0, 0.1) is 0 Å². The Balaban J connectivity index is 2.22. The molecule has 6 heteroatoms. The Morgan fingerprint density at radius 2 is 2.10 bits per heavy atom. The molecule has 2 aromatic heterocycles. The molecule has 2 heterocycles. The maximum atomic E-state index is 4.55. The van der Waals surface area contributed by atoms with Crippen LogP contribution < -0.4 is 5.32 Å². The first kappa shape index (κ1) is 15.7. The molecular formula is C15H26N6. The van der Waals surface area contributed by atoms with Crippen molar-refractivity contribution in [2.45, 2.75) is 52.6 Å². The number of nitrogens with one attached hydrogen (secondary N) is 1. The third-order valence-corrected chi connectivity index (χ3v) is 3.65. The van der Waals surface area contributed by atoms with E-state index in [1.807, 2.05) is 16.4 Å². The van der Waals surface area contributed by atoms with Gasteiger partial charge in [0, 0.05) is 20.0 Å². The summed E-state index contributed by atoms with van der Waals surface area (Å²) in [6.45, 7) is 8.24. The van der Waals surface area contributed by atoms with Crippen LogP contribution in [0.4, 0.5) is 0 Å². The highest BCUT2D eigenvalue weighted by Gasteiger charge is 2.19. The van der Waals surface area contributed by atoms with Gasteiger partial charge in [0.05, 0.1) is 17.4 Å². The minimum absolute atomic E-state index is 0.215. The van der Waals surface area contributed by atoms with Gasteiger partial charge >= 0.3 is 0 Å². The van der Waals surface area contributed by atoms with Gasteiger partial charge < -0.3 is 5.32 Å². The van der Waals surface area contributed by atoms with Gasteiger partial charge in [-0.25, -0.2) is 4.98 Å². The highest BCUT2D eigenvalue weighted by Crippen LogP contribution is 2.18. The van der Waals surface area contributed by atoms with E-state index in [-0.39, 0.29) is 6.04 Å². The van der Waals surface area contributed by atoms with Crippen LogP contribution in [-0.4, -0.2) is 31.1 Å². The van der Waals surface area contributed by atoms with Gasteiger partial charge in [-0.3, -0.25) is 9.36 Å². The molecule has 1 unspecified atom stereocenters. The van der Waals surface area contributed by atoms with Crippen molar-refractivity contribution in [2.24, 2.45) is 7.05 Å². The summed E-state index contributed by atoms with van der Waals surface area (Å²) in [5, 5.41) is 12.4. The number of hydrogen-bond donors (Lipinski definition) is 1. The van der Waals surface area contributed by atoms with Crippen LogP contribution in [0.3, 0.4) is 0 Å². The topological polar surface area (TPSA) is 60.6 Å². The molecule has 0 fully saturated rings. The lowest BCUT2D eigenvalue weighted by Crippen LogP contribution is -2.26. The third-order valence-electron chi connectivity index (χ3n) is 3.65. The van der Waals surface area contributed by atoms with Crippen LogP contribution >= 0.6 is 0 Å². The van der Waals surface area contributed by atoms with Crippen LogP contribution in [-0.2, 0) is 26.4 Å². The fourth-order valence-corrected chi connectivity index (χ4v) is 2.60.